The molecule has 8 nitrogen and oxygen atoms in total. The molecule has 0 aromatic carbocycles. The number of hydrogen-bond acceptors (Lipinski definition) is 6. The third kappa shape index (κ3) is 4.95. The Morgan fingerprint density at radius 2 is 1.81 bits per heavy atom. The number of nitrogens with zero attached hydrogens (tertiary/aromatic N) is 6. The fourth-order valence-corrected chi connectivity index (χ4v) is 4.54. The molecule has 3 aromatic heterocycles. The number of aromatic nitrogens is 6. The van der Waals surface area contributed by atoms with Crippen LogP contribution < -0.4 is 10.6 Å². The van der Waals surface area contributed by atoms with Gasteiger partial charge in [0.05, 0.1) is 18.1 Å². The van der Waals surface area contributed by atoms with E-state index in [0.29, 0.717) is 12.1 Å². The minimum absolute atomic E-state index is 0.423. The summed E-state index contributed by atoms with van der Waals surface area (Å²) in [5.74, 6) is 1.54. The van der Waals surface area contributed by atoms with Crippen molar-refractivity contribution in [2.75, 3.05) is 5.32 Å². The average molecular weight is 421 g/mol. The maximum atomic E-state index is 4.84. The van der Waals surface area contributed by atoms with Crippen LogP contribution in [0, 0.1) is 5.92 Å². The topological polar surface area (TPSA) is 85.5 Å². The summed E-state index contributed by atoms with van der Waals surface area (Å²) in [7, 11) is 3.99. The van der Waals surface area contributed by atoms with Crippen LogP contribution in [0.25, 0.3) is 11.3 Å². The largest absolute Gasteiger partial charge is 0.351 e. The molecule has 0 aliphatic heterocycles. The van der Waals surface area contributed by atoms with Crippen molar-refractivity contribution in [2.45, 2.75) is 63.6 Å². The molecule has 3 heterocycles. The fourth-order valence-electron chi connectivity index (χ4n) is 4.54. The predicted molar refractivity (Wildman–Crippen MR) is 120 cm³/mol. The molecule has 2 aliphatic carbocycles. The summed E-state index contributed by atoms with van der Waals surface area (Å²) in [4.78, 5) is 9.33. The summed E-state index contributed by atoms with van der Waals surface area (Å²) in [5, 5.41) is 16.0. The van der Waals surface area contributed by atoms with Gasteiger partial charge in [0, 0.05) is 61.9 Å². The lowest BCUT2D eigenvalue weighted by Crippen LogP contribution is -2.36. The fraction of sp³-hybridized carbons (Fsp3) is 0.565. The molecule has 2 saturated carbocycles. The van der Waals surface area contributed by atoms with Crippen LogP contribution in [-0.2, 0) is 27.1 Å². The number of rotatable bonds is 8. The zero-order chi connectivity index (χ0) is 21.2. The normalized spacial score (nSPS) is 21.4. The Morgan fingerprint density at radius 3 is 2.55 bits per heavy atom. The molecule has 5 rings (SSSR count). The number of nitrogens with one attached hydrogen (secondary N) is 2. The maximum Gasteiger partial charge on any atom is 0.223 e. The van der Waals surface area contributed by atoms with E-state index in [4.69, 9.17) is 4.98 Å². The molecule has 2 fully saturated rings. The maximum absolute atomic E-state index is 4.84. The first-order valence-electron chi connectivity index (χ1n) is 11.5. The highest BCUT2D eigenvalue weighted by Gasteiger charge is 2.26. The minimum atomic E-state index is 0.423. The van der Waals surface area contributed by atoms with Gasteiger partial charge in [-0.05, 0) is 56.9 Å². The summed E-state index contributed by atoms with van der Waals surface area (Å²) in [6, 6.07) is 2.98. The molecule has 2 N–H and O–H groups in total. The first-order chi connectivity index (χ1) is 15.1. The lowest BCUT2D eigenvalue weighted by atomic mass is 9.91. The van der Waals surface area contributed by atoms with Crippen molar-refractivity contribution in [3.8, 4) is 11.3 Å². The predicted octanol–water partition coefficient (Wildman–Crippen LogP) is 3.08. The van der Waals surface area contributed by atoms with Gasteiger partial charge in [-0.3, -0.25) is 9.36 Å². The van der Waals surface area contributed by atoms with Crippen LogP contribution in [0.3, 0.4) is 0 Å². The highest BCUT2D eigenvalue weighted by atomic mass is 15.3. The van der Waals surface area contributed by atoms with Gasteiger partial charge < -0.3 is 10.6 Å². The van der Waals surface area contributed by atoms with Crippen molar-refractivity contribution in [1.82, 2.24) is 34.8 Å². The second-order valence-corrected chi connectivity index (χ2v) is 9.14. The number of aryl methyl sites for hydroxylation is 2. The number of anilines is 1. The first kappa shape index (κ1) is 20.2. The lowest BCUT2D eigenvalue weighted by Gasteiger charge is -2.29. The summed E-state index contributed by atoms with van der Waals surface area (Å²) in [6.07, 6.45) is 16.1. The Balaban J connectivity index is 1.16. The van der Waals surface area contributed by atoms with Gasteiger partial charge in [-0.25, -0.2) is 9.97 Å². The van der Waals surface area contributed by atoms with Crippen molar-refractivity contribution in [3.05, 3.63) is 42.1 Å². The quantitative estimate of drug-likeness (QED) is 0.583. The molecule has 0 bridgehead atoms. The molecule has 0 atom stereocenters. The van der Waals surface area contributed by atoms with Crippen molar-refractivity contribution in [3.63, 3.8) is 0 Å². The molecular weight excluding hydrogens is 388 g/mol. The van der Waals surface area contributed by atoms with E-state index in [1.165, 1.54) is 24.1 Å². The summed E-state index contributed by atoms with van der Waals surface area (Å²) < 4.78 is 3.86. The van der Waals surface area contributed by atoms with E-state index in [1.54, 1.807) is 0 Å². The third-order valence-electron chi connectivity index (χ3n) is 6.59. The monoisotopic (exact) mass is 420 g/mol. The van der Waals surface area contributed by atoms with Crippen LogP contribution in [0.2, 0.25) is 0 Å². The highest BCUT2D eigenvalue weighted by molar-refractivity contribution is 5.62. The van der Waals surface area contributed by atoms with Gasteiger partial charge in [0.2, 0.25) is 5.95 Å². The molecule has 31 heavy (non-hydrogen) atoms. The van der Waals surface area contributed by atoms with Gasteiger partial charge in [0.25, 0.3) is 0 Å². The Bertz CT molecular complexity index is 1010. The average Bonchev–Trinajstić information content (AvgIpc) is 3.39. The standard InChI is InChI=1S/C23H32N8/c1-30-15-17(13-26-30)12-25-18-5-7-19(8-6-18)28-23-24-10-9-21(29-23)20-14-27-31(2)22(20)11-16-3-4-16/h9-10,13-16,18-19,25H,3-8,11-12H2,1-2H3,(H,24,28,29)/t18-,19-. The van der Waals surface area contributed by atoms with Crippen molar-refractivity contribution in [1.29, 1.82) is 0 Å². The van der Waals surface area contributed by atoms with Gasteiger partial charge in [-0.15, -0.1) is 0 Å². The van der Waals surface area contributed by atoms with E-state index in [2.05, 4.69) is 32.0 Å². The third-order valence-corrected chi connectivity index (χ3v) is 6.59. The zero-order valence-electron chi connectivity index (χ0n) is 18.5. The molecule has 8 heteroatoms. The van der Waals surface area contributed by atoms with Gasteiger partial charge in [0.15, 0.2) is 0 Å². The van der Waals surface area contributed by atoms with Crippen LogP contribution in [0.15, 0.2) is 30.9 Å². The molecule has 0 saturated heterocycles. The van der Waals surface area contributed by atoms with E-state index in [9.17, 15) is 0 Å². The second kappa shape index (κ2) is 8.78. The molecular formula is C23H32N8. The second-order valence-electron chi connectivity index (χ2n) is 9.14. The minimum Gasteiger partial charge on any atom is -0.351 e. The van der Waals surface area contributed by atoms with E-state index in [-0.39, 0.29) is 0 Å². The summed E-state index contributed by atoms with van der Waals surface area (Å²) in [6.45, 7) is 0.885. The van der Waals surface area contributed by atoms with Crippen LogP contribution in [0.5, 0.6) is 0 Å². The van der Waals surface area contributed by atoms with E-state index in [0.717, 1.165) is 61.8 Å². The number of hydrogen-bond donors (Lipinski definition) is 2. The molecule has 0 amide bonds. The van der Waals surface area contributed by atoms with Gasteiger partial charge in [-0.1, -0.05) is 0 Å². The highest BCUT2D eigenvalue weighted by Crippen LogP contribution is 2.35. The van der Waals surface area contributed by atoms with E-state index >= 15 is 0 Å². The Morgan fingerprint density at radius 1 is 1.00 bits per heavy atom. The zero-order valence-corrected chi connectivity index (χ0v) is 18.5. The molecule has 0 unspecified atom stereocenters. The molecule has 0 radical (unpaired) electrons. The first-order valence-corrected chi connectivity index (χ1v) is 11.5. The SMILES string of the molecule is Cn1cc(CN[C@H]2CC[C@H](Nc3nccc(-c4cnn(C)c4CC4CC4)n3)CC2)cn1. The molecule has 3 aromatic rings. The van der Waals surface area contributed by atoms with Crippen LogP contribution in [0.1, 0.15) is 49.8 Å². The molecule has 0 spiro atoms. The van der Waals surface area contributed by atoms with Crippen molar-refractivity contribution in [2.24, 2.45) is 20.0 Å². The lowest BCUT2D eigenvalue weighted by molar-refractivity contribution is 0.352. The van der Waals surface area contributed by atoms with E-state index < -0.39 is 0 Å². The Hall–Kier alpha value is -2.74. The van der Waals surface area contributed by atoms with E-state index in [1.807, 2.05) is 48.1 Å². The summed E-state index contributed by atoms with van der Waals surface area (Å²) >= 11 is 0. The van der Waals surface area contributed by atoms with Crippen molar-refractivity contribution < 1.29 is 0 Å². The van der Waals surface area contributed by atoms with Gasteiger partial charge >= 0.3 is 0 Å². The van der Waals surface area contributed by atoms with Gasteiger partial charge in [-0.2, -0.15) is 10.2 Å². The van der Waals surface area contributed by atoms with Crippen LogP contribution in [0.4, 0.5) is 5.95 Å². The smallest absolute Gasteiger partial charge is 0.223 e. The van der Waals surface area contributed by atoms with Crippen LogP contribution >= 0.6 is 0 Å². The molecule has 2 aliphatic rings. The Kier molecular flexibility index (Phi) is 5.72. The van der Waals surface area contributed by atoms with Gasteiger partial charge in [0.1, 0.15) is 0 Å². The Labute approximate surface area is 183 Å². The summed E-state index contributed by atoms with van der Waals surface area (Å²) in [5.41, 5.74) is 4.63. The molecule has 164 valence electrons. The van der Waals surface area contributed by atoms with Crippen LogP contribution in [-0.4, -0.2) is 41.6 Å². The van der Waals surface area contributed by atoms with Crippen molar-refractivity contribution >= 4 is 5.95 Å².